The van der Waals surface area contributed by atoms with Gasteiger partial charge in [-0.1, -0.05) is 31.0 Å². The second-order valence-electron chi connectivity index (χ2n) is 3.90. The van der Waals surface area contributed by atoms with Crippen LogP contribution in [0.15, 0.2) is 18.2 Å². The van der Waals surface area contributed by atoms with Crippen LogP contribution in [0, 0.1) is 5.82 Å². The molecule has 1 atom stereocenters. The van der Waals surface area contributed by atoms with E-state index in [0.29, 0.717) is 12.0 Å². The lowest BCUT2D eigenvalue weighted by molar-refractivity contribution is -0.128. The van der Waals surface area contributed by atoms with Gasteiger partial charge in [-0.25, -0.2) is 4.39 Å². The van der Waals surface area contributed by atoms with Gasteiger partial charge < -0.3 is 4.74 Å². The number of halogens is 2. The normalized spacial score (nSPS) is 12.5. The van der Waals surface area contributed by atoms with Gasteiger partial charge in [0.25, 0.3) is 0 Å². The summed E-state index contributed by atoms with van der Waals surface area (Å²) in [6.45, 7) is 1.99. The molecule has 0 saturated carbocycles. The molecule has 0 bridgehead atoms. The van der Waals surface area contributed by atoms with Gasteiger partial charge in [0.05, 0.1) is 5.02 Å². The highest BCUT2D eigenvalue weighted by molar-refractivity contribution is 6.30. The highest BCUT2D eigenvalue weighted by Gasteiger charge is 2.17. The second-order valence-corrected chi connectivity index (χ2v) is 4.31. The summed E-state index contributed by atoms with van der Waals surface area (Å²) in [5, 5.41) is 0.0676. The Morgan fingerprint density at radius 2 is 2.24 bits per heavy atom. The molecule has 0 aliphatic heterocycles. The van der Waals surface area contributed by atoms with Crippen molar-refractivity contribution in [1.29, 1.82) is 0 Å². The quantitative estimate of drug-likeness (QED) is 0.782. The molecule has 94 valence electrons. The third-order valence-electron chi connectivity index (χ3n) is 2.56. The van der Waals surface area contributed by atoms with Crippen molar-refractivity contribution >= 4 is 17.4 Å². The Balaban J connectivity index is 2.69. The lowest BCUT2D eigenvalue weighted by Gasteiger charge is -2.13. The monoisotopic (exact) mass is 258 g/mol. The molecule has 0 aliphatic rings. The number of Topliss-reactive ketones (excluding diaryl/α,β-unsaturated/α-hetero) is 1. The van der Waals surface area contributed by atoms with Gasteiger partial charge in [0, 0.05) is 13.5 Å². The van der Waals surface area contributed by atoms with Crippen molar-refractivity contribution in [2.75, 3.05) is 7.11 Å². The van der Waals surface area contributed by atoms with Crippen LogP contribution in [-0.4, -0.2) is 19.0 Å². The average Bonchev–Trinajstić information content (AvgIpc) is 2.30. The minimum atomic E-state index is -0.499. The topological polar surface area (TPSA) is 26.3 Å². The van der Waals surface area contributed by atoms with Crippen molar-refractivity contribution in [1.82, 2.24) is 0 Å². The van der Waals surface area contributed by atoms with Crippen molar-refractivity contribution in [3.8, 4) is 0 Å². The van der Waals surface area contributed by atoms with E-state index >= 15 is 0 Å². The number of hydrogen-bond donors (Lipinski definition) is 0. The van der Waals surface area contributed by atoms with Gasteiger partial charge in [0.1, 0.15) is 11.9 Å². The fraction of sp³-hybridized carbons (Fsp3) is 0.462. The first-order valence-corrected chi connectivity index (χ1v) is 5.95. The highest BCUT2D eigenvalue weighted by atomic mass is 35.5. The highest BCUT2D eigenvalue weighted by Crippen LogP contribution is 2.17. The predicted molar refractivity (Wildman–Crippen MR) is 65.8 cm³/mol. The van der Waals surface area contributed by atoms with Gasteiger partial charge in [-0.15, -0.1) is 0 Å². The lowest BCUT2D eigenvalue weighted by Crippen LogP contribution is -2.24. The maximum atomic E-state index is 13.2. The Labute approximate surface area is 106 Å². The molecular formula is C13H16ClFO2. The number of methoxy groups -OCH3 is 1. The lowest BCUT2D eigenvalue weighted by atomic mass is 10.0. The molecule has 1 aromatic carbocycles. The molecule has 0 amide bonds. The standard InChI is InChI=1S/C13H16ClFO2/c1-3-4-13(17-2)12(16)8-9-5-6-10(14)11(15)7-9/h5-7,13H,3-4,8H2,1-2H3. The van der Waals surface area contributed by atoms with E-state index in [1.807, 2.05) is 6.92 Å². The van der Waals surface area contributed by atoms with E-state index in [1.165, 1.54) is 19.2 Å². The number of carbonyl (C=O) groups is 1. The van der Waals surface area contributed by atoms with Crippen molar-refractivity contribution in [2.45, 2.75) is 32.3 Å². The van der Waals surface area contributed by atoms with E-state index in [1.54, 1.807) is 6.07 Å². The third-order valence-corrected chi connectivity index (χ3v) is 2.86. The Hall–Kier alpha value is -0.930. The summed E-state index contributed by atoms with van der Waals surface area (Å²) in [7, 11) is 1.51. The van der Waals surface area contributed by atoms with Crippen LogP contribution in [0.5, 0.6) is 0 Å². The van der Waals surface area contributed by atoms with Gasteiger partial charge in [-0.3, -0.25) is 4.79 Å². The van der Waals surface area contributed by atoms with Gasteiger partial charge in [0.15, 0.2) is 5.78 Å². The zero-order valence-corrected chi connectivity index (χ0v) is 10.8. The molecule has 0 saturated heterocycles. The number of hydrogen-bond acceptors (Lipinski definition) is 2. The molecule has 0 heterocycles. The number of rotatable bonds is 6. The summed E-state index contributed by atoms with van der Waals surface area (Å²) in [5.41, 5.74) is 0.620. The van der Waals surface area contributed by atoms with E-state index in [-0.39, 0.29) is 17.2 Å². The number of ether oxygens (including phenoxy) is 1. The maximum Gasteiger partial charge on any atom is 0.165 e. The van der Waals surface area contributed by atoms with Crippen LogP contribution in [0.2, 0.25) is 5.02 Å². The second kappa shape index (κ2) is 6.72. The fourth-order valence-electron chi connectivity index (χ4n) is 1.64. The molecule has 0 radical (unpaired) electrons. The first-order chi connectivity index (χ1) is 8.08. The minimum absolute atomic E-state index is 0.0314. The van der Waals surface area contributed by atoms with E-state index in [4.69, 9.17) is 16.3 Å². The zero-order valence-electron chi connectivity index (χ0n) is 10.0. The summed E-state index contributed by atoms with van der Waals surface area (Å²) in [5.74, 6) is -0.530. The largest absolute Gasteiger partial charge is 0.374 e. The Morgan fingerprint density at radius 1 is 1.53 bits per heavy atom. The van der Waals surface area contributed by atoms with Crippen LogP contribution in [0.25, 0.3) is 0 Å². The predicted octanol–water partition coefficient (Wildman–Crippen LogP) is 3.41. The van der Waals surface area contributed by atoms with Crippen molar-refractivity contribution in [3.05, 3.63) is 34.6 Å². The maximum absolute atomic E-state index is 13.2. The minimum Gasteiger partial charge on any atom is -0.374 e. The summed E-state index contributed by atoms with van der Waals surface area (Å²) in [4.78, 5) is 11.8. The van der Waals surface area contributed by atoms with Crippen molar-refractivity contribution < 1.29 is 13.9 Å². The molecule has 2 nitrogen and oxygen atoms in total. The number of carbonyl (C=O) groups excluding carboxylic acids is 1. The molecule has 0 aromatic heterocycles. The average molecular weight is 259 g/mol. The van der Waals surface area contributed by atoms with Gasteiger partial charge in [-0.05, 0) is 24.1 Å². The molecule has 17 heavy (non-hydrogen) atoms. The molecule has 0 N–H and O–H groups in total. The third kappa shape index (κ3) is 4.10. The first kappa shape index (κ1) is 14.1. The summed E-state index contributed by atoms with van der Waals surface area (Å²) >= 11 is 5.57. The molecule has 4 heteroatoms. The summed E-state index contributed by atoms with van der Waals surface area (Å²) < 4.78 is 18.3. The summed E-state index contributed by atoms with van der Waals surface area (Å²) in [6.07, 6.45) is 1.33. The Kier molecular flexibility index (Phi) is 5.59. The zero-order chi connectivity index (χ0) is 12.8. The van der Waals surface area contributed by atoms with E-state index in [0.717, 1.165) is 6.42 Å². The van der Waals surface area contributed by atoms with E-state index in [2.05, 4.69) is 0 Å². The molecule has 0 spiro atoms. The Bertz CT molecular complexity index is 393. The first-order valence-electron chi connectivity index (χ1n) is 5.58. The van der Waals surface area contributed by atoms with Crippen LogP contribution in [0.3, 0.4) is 0 Å². The van der Waals surface area contributed by atoms with Crippen LogP contribution < -0.4 is 0 Å². The molecule has 0 fully saturated rings. The molecular weight excluding hydrogens is 243 g/mol. The fourth-order valence-corrected chi connectivity index (χ4v) is 1.75. The van der Waals surface area contributed by atoms with Crippen LogP contribution in [0.1, 0.15) is 25.3 Å². The molecule has 1 unspecified atom stereocenters. The summed E-state index contributed by atoms with van der Waals surface area (Å²) in [6, 6.07) is 4.40. The van der Waals surface area contributed by atoms with Crippen molar-refractivity contribution in [3.63, 3.8) is 0 Å². The van der Waals surface area contributed by atoms with Crippen LogP contribution in [-0.2, 0) is 16.0 Å². The van der Waals surface area contributed by atoms with E-state index in [9.17, 15) is 9.18 Å². The molecule has 1 aromatic rings. The van der Waals surface area contributed by atoms with Gasteiger partial charge >= 0.3 is 0 Å². The van der Waals surface area contributed by atoms with Crippen LogP contribution in [0.4, 0.5) is 4.39 Å². The van der Waals surface area contributed by atoms with Crippen LogP contribution >= 0.6 is 11.6 Å². The van der Waals surface area contributed by atoms with E-state index < -0.39 is 11.9 Å². The SMILES string of the molecule is CCCC(OC)C(=O)Cc1ccc(Cl)c(F)c1. The molecule has 1 rings (SSSR count). The smallest absolute Gasteiger partial charge is 0.165 e. The van der Waals surface area contributed by atoms with Crippen molar-refractivity contribution in [2.24, 2.45) is 0 Å². The number of ketones is 1. The Morgan fingerprint density at radius 3 is 2.76 bits per heavy atom. The van der Waals surface area contributed by atoms with Gasteiger partial charge in [-0.2, -0.15) is 0 Å². The number of benzene rings is 1. The molecule has 0 aliphatic carbocycles. The van der Waals surface area contributed by atoms with Gasteiger partial charge in [0.2, 0.25) is 0 Å².